The molecule has 0 saturated carbocycles. The number of rotatable bonds is 7. The molecule has 1 aromatic rings. The third-order valence-corrected chi connectivity index (χ3v) is 4.36. The van der Waals surface area contributed by atoms with Crippen LogP contribution in [0.1, 0.15) is 47.2 Å². The molecule has 0 radical (unpaired) electrons. The van der Waals surface area contributed by atoms with Crippen LogP contribution in [0.4, 0.5) is 0 Å². The lowest BCUT2D eigenvalue weighted by atomic mass is 9.89. The van der Waals surface area contributed by atoms with Gasteiger partial charge in [-0.3, -0.25) is 9.59 Å². The zero-order valence-electron chi connectivity index (χ0n) is 14.1. The molecule has 1 amide bonds. The van der Waals surface area contributed by atoms with Gasteiger partial charge in [-0.1, -0.05) is 12.1 Å². The fourth-order valence-electron chi connectivity index (χ4n) is 2.87. The molecular weight excluding hydrogens is 312 g/mol. The highest BCUT2D eigenvalue weighted by Crippen LogP contribution is 2.23. The second-order valence-corrected chi connectivity index (χ2v) is 6.03. The number of carbonyl (C=O) groups excluding carboxylic acids is 2. The van der Waals surface area contributed by atoms with Gasteiger partial charge in [-0.15, -0.1) is 12.4 Å². The van der Waals surface area contributed by atoms with Gasteiger partial charge in [0.15, 0.2) is 5.78 Å². The van der Waals surface area contributed by atoms with Gasteiger partial charge < -0.3 is 10.2 Å². The quantitative estimate of drug-likeness (QED) is 0.777. The van der Waals surface area contributed by atoms with Crippen LogP contribution in [0, 0.1) is 0 Å². The van der Waals surface area contributed by atoms with Crippen LogP contribution in [-0.4, -0.2) is 43.8 Å². The first-order valence-corrected chi connectivity index (χ1v) is 8.15. The van der Waals surface area contributed by atoms with Crippen molar-refractivity contribution in [2.24, 2.45) is 0 Å². The van der Waals surface area contributed by atoms with E-state index in [1.165, 1.54) is 24.0 Å². The minimum Gasteiger partial charge on any atom is -0.344 e. The molecule has 128 valence electrons. The van der Waals surface area contributed by atoms with Gasteiger partial charge in [-0.05, 0) is 49.9 Å². The Labute approximate surface area is 145 Å². The highest BCUT2D eigenvalue weighted by molar-refractivity contribution is 5.98. The van der Waals surface area contributed by atoms with Gasteiger partial charge in [0.25, 0.3) is 0 Å². The lowest BCUT2D eigenvalue weighted by molar-refractivity contribution is -0.129. The van der Waals surface area contributed by atoms with E-state index < -0.39 is 0 Å². The number of benzene rings is 1. The molecule has 0 spiro atoms. The molecule has 0 bridgehead atoms. The van der Waals surface area contributed by atoms with Crippen molar-refractivity contribution in [2.75, 3.05) is 27.2 Å². The molecule has 0 fully saturated rings. The standard InChI is InChI=1S/C18H26N2O2.ClH/c1-19-11-12-20(2)18(22)10-9-17(21)16-8-7-14-5-3-4-6-15(14)13-16;/h7-8,13,19H,3-6,9-12H2,1-2H3;1H. The highest BCUT2D eigenvalue weighted by atomic mass is 35.5. The molecule has 5 heteroatoms. The molecule has 0 atom stereocenters. The number of nitrogens with one attached hydrogen (secondary N) is 1. The number of amides is 1. The number of ketones is 1. The van der Waals surface area contributed by atoms with E-state index in [0.29, 0.717) is 13.0 Å². The Morgan fingerprint density at radius 1 is 1.13 bits per heavy atom. The van der Waals surface area contributed by atoms with E-state index >= 15 is 0 Å². The second kappa shape index (κ2) is 9.68. The summed E-state index contributed by atoms with van der Waals surface area (Å²) in [5.74, 6) is 0.102. The topological polar surface area (TPSA) is 49.4 Å². The smallest absolute Gasteiger partial charge is 0.222 e. The lowest BCUT2D eigenvalue weighted by Crippen LogP contribution is -2.32. The van der Waals surface area contributed by atoms with Crippen LogP contribution in [0.5, 0.6) is 0 Å². The van der Waals surface area contributed by atoms with Crippen LogP contribution in [0.3, 0.4) is 0 Å². The average Bonchev–Trinajstić information content (AvgIpc) is 2.56. The van der Waals surface area contributed by atoms with Crippen molar-refractivity contribution in [3.8, 4) is 0 Å². The zero-order chi connectivity index (χ0) is 15.9. The summed E-state index contributed by atoms with van der Waals surface area (Å²) in [5.41, 5.74) is 3.45. The van der Waals surface area contributed by atoms with E-state index in [9.17, 15) is 9.59 Å². The average molecular weight is 339 g/mol. The molecule has 0 heterocycles. The molecule has 0 saturated heterocycles. The van der Waals surface area contributed by atoms with Crippen LogP contribution in [0.15, 0.2) is 18.2 Å². The van der Waals surface area contributed by atoms with Crippen molar-refractivity contribution >= 4 is 24.1 Å². The van der Waals surface area contributed by atoms with Crippen molar-refractivity contribution in [2.45, 2.75) is 38.5 Å². The van der Waals surface area contributed by atoms with E-state index in [4.69, 9.17) is 0 Å². The van der Waals surface area contributed by atoms with E-state index in [0.717, 1.165) is 24.9 Å². The third kappa shape index (κ3) is 5.63. The molecule has 0 unspecified atom stereocenters. The van der Waals surface area contributed by atoms with Crippen molar-refractivity contribution < 1.29 is 9.59 Å². The number of Topliss-reactive ketones (excluding diaryl/α,β-unsaturated/α-hetero) is 1. The molecule has 1 aromatic carbocycles. The number of hydrogen-bond donors (Lipinski definition) is 1. The fourth-order valence-corrected chi connectivity index (χ4v) is 2.87. The van der Waals surface area contributed by atoms with E-state index in [1.54, 1.807) is 11.9 Å². The Morgan fingerprint density at radius 2 is 1.83 bits per heavy atom. The van der Waals surface area contributed by atoms with Crippen molar-refractivity contribution in [3.63, 3.8) is 0 Å². The number of carbonyl (C=O) groups is 2. The van der Waals surface area contributed by atoms with Crippen LogP contribution in [0.2, 0.25) is 0 Å². The molecule has 2 rings (SSSR count). The maximum Gasteiger partial charge on any atom is 0.222 e. The molecule has 1 aliphatic rings. The Balaban J connectivity index is 0.00000264. The van der Waals surface area contributed by atoms with Crippen molar-refractivity contribution in [1.29, 1.82) is 0 Å². The monoisotopic (exact) mass is 338 g/mol. The summed E-state index contributed by atoms with van der Waals surface area (Å²) in [7, 11) is 3.64. The summed E-state index contributed by atoms with van der Waals surface area (Å²) >= 11 is 0. The van der Waals surface area contributed by atoms with Crippen molar-refractivity contribution in [1.82, 2.24) is 10.2 Å². The van der Waals surface area contributed by atoms with E-state index in [1.807, 2.05) is 19.2 Å². The SMILES string of the molecule is CNCCN(C)C(=O)CCC(=O)c1ccc2c(c1)CCCC2.Cl. The van der Waals surface area contributed by atoms with Gasteiger partial charge in [0.05, 0.1) is 0 Å². The van der Waals surface area contributed by atoms with Gasteiger partial charge in [0.1, 0.15) is 0 Å². The van der Waals surface area contributed by atoms with E-state index in [-0.39, 0.29) is 30.5 Å². The van der Waals surface area contributed by atoms with Gasteiger partial charge in [-0.2, -0.15) is 0 Å². The minimum absolute atomic E-state index is 0. The maximum absolute atomic E-state index is 12.3. The Morgan fingerprint density at radius 3 is 2.52 bits per heavy atom. The molecule has 1 N–H and O–H groups in total. The normalized spacial score (nSPS) is 13.0. The molecule has 23 heavy (non-hydrogen) atoms. The number of fused-ring (bicyclic) bond motifs is 1. The molecular formula is C18H27ClN2O2. The first-order valence-electron chi connectivity index (χ1n) is 8.15. The van der Waals surface area contributed by atoms with Crippen LogP contribution < -0.4 is 5.32 Å². The van der Waals surface area contributed by atoms with Gasteiger partial charge in [0.2, 0.25) is 5.91 Å². The predicted molar refractivity (Wildman–Crippen MR) is 95.5 cm³/mol. The largest absolute Gasteiger partial charge is 0.344 e. The van der Waals surface area contributed by atoms with Crippen molar-refractivity contribution in [3.05, 3.63) is 34.9 Å². The summed E-state index contributed by atoms with van der Waals surface area (Å²) in [6, 6.07) is 6.04. The number of aryl methyl sites for hydroxylation is 2. The number of nitrogens with zero attached hydrogens (tertiary/aromatic N) is 1. The van der Waals surface area contributed by atoms with Crippen LogP contribution >= 0.6 is 12.4 Å². The second-order valence-electron chi connectivity index (χ2n) is 6.03. The Kier molecular flexibility index (Phi) is 8.28. The summed E-state index contributed by atoms with van der Waals surface area (Å²) in [4.78, 5) is 25.9. The van der Waals surface area contributed by atoms with Gasteiger partial charge in [-0.25, -0.2) is 0 Å². The van der Waals surface area contributed by atoms with Gasteiger partial charge in [0, 0.05) is 38.5 Å². The first kappa shape index (κ1) is 19.7. The Hall–Kier alpha value is -1.39. The summed E-state index contributed by atoms with van der Waals surface area (Å²) in [6.07, 6.45) is 5.23. The first-order chi connectivity index (χ1) is 10.6. The highest BCUT2D eigenvalue weighted by Gasteiger charge is 2.15. The summed E-state index contributed by atoms with van der Waals surface area (Å²) < 4.78 is 0. The zero-order valence-corrected chi connectivity index (χ0v) is 14.9. The lowest BCUT2D eigenvalue weighted by Gasteiger charge is -2.17. The summed E-state index contributed by atoms with van der Waals surface area (Å²) in [6.45, 7) is 1.43. The Bertz CT molecular complexity index is 546. The number of likely N-dealkylation sites (N-methyl/N-ethyl adjacent to an activating group) is 2. The van der Waals surface area contributed by atoms with Crippen LogP contribution in [-0.2, 0) is 17.6 Å². The maximum atomic E-state index is 12.3. The molecule has 0 aliphatic heterocycles. The minimum atomic E-state index is 0. The fraction of sp³-hybridized carbons (Fsp3) is 0.556. The number of halogens is 1. The van der Waals surface area contributed by atoms with E-state index in [2.05, 4.69) is 11.4 Å². The predicted octanol–water partition coefficient (Wildman–Crippen LogP) is 2.63. The van der Waals surface area contributed by atoms with Gasteiger partial charge >= 0.3 is 0 Å². The molecule has 1 aliphatic carbocycles. The number of hydrogen-bond acceptors (Lipinski definition) is 3. The van der Waals surface area contributed by atoms with Crippen LogP contribution in [0.25, 0.3) is 0 Å². The molecule has 0 aromatic heterocycles. The molecule has 4 nitrogen and oxygen atoms in total. The third-order valence-electron chi connectivity index (χ3n) is 4.36. The summed E-state index contributed by atoms with van der Waals surface area (Å²) in [5, 5.41) is 3.01.